The van der Waals surface area contributed by atoms with Gasteiger partial charge in [-0.3, -0.25) is 4.79 Å². The normalized spacial score (nSPS) is 20.5. The lowest BCUT2D eigenvalue weighted by molar-refractivity contribution is -0.188. The van der Waals surface area contributed by atoms with Gasteiger partial charge in [-0.1, -0.05) is 60.4 Å². The molecule has 1 heterocycles. The maximum atomic E-state index is 13.7. The first-order chi connectivity index (χ1) is 21.7. The second-order valence-electron chi connectivity index (χ2n) is 11.2. The van der Waals surface area contributed by atoms with Crippen LogP contribution >= 0.6 is 34.8 Å². The van der Waals surface area contributed by atoms with Crippen LogP contribution in [0.3, 0.4) is 0 Å². The van der Waals surface area contributed by atoms with Gasteiger partial charge in [0.05, 0.1) is 16.7 Å². The largest absolute Gasteiger partial charge is 0.459 e. The quantitative estimate of drug-likeness (QED) is 0.108. The van der Waals surface area contributed by atoms with Crippen molar-refractivity contribution >= 4 is 66.8 Å². The van der Waals surface area contributed by atoms with E-state index in [1.807, 2.05) is 19.6 Å². The lowest BCUT2D eigenvalue weighted by atomic mass is 9.92. The van der Waals surface area contributed by atoms with Gasteiger partial charge >= 0.3 is 23.9 Å². The third-order valence-electron chi connectivity index (χ3n) is 6.46. The first-order valence-corrected chi connectivity index (χ1v) is 18.6. The molecule has 0 N–H and O–H groups in total. The molecule has 1 fully saturated rings. The van der Waals surface area contributed by atoms with E-state index in [0.717, 1.165) is 6.92 Å². The SMILES string of the molecule is CC(=O)OC1O[C@H](COC(=O)c2ccc(Cl)cc2)[C@](C#C[Si](C)(C)C)(OC(=O)c2ccc(Cl)cc2)[C@H]1OC(=O)c1ccc(Cl)cc1. The molecule has 0 spiro atoms. The molecule has 1 aliphatic rings. The Morgan fingerprint density at radius 3 is 1.65 bits per heavy atom. The highest BCUT2D eigenvalue weighted by molar-refractivity contribution is 6.83. The molecule has 1 aliphatic heterocycles. The van der Waals surface area contributed by atoms with Crippen molar-refractivity contribution < 1.29 is 42.9 Å². The molecule has 3 aromatic carbocycles. The Bertz CT molecular complexity index is 1660. The number of rotatable bonds is 8. The fourth-order valence-corrected chi connectivity index (χ4v) is 5.20. The van der Waals surface area contributed by atoms with Gasteiger partial charge < -0.3 is 23.7 Å². The summed E-state index contributed by atoms with van der Waals surface area (Å²) in [7, 11) is -2.24. The average molecular weight is 704 g/mol. The van der Waals surface area contributed by atoms with Crippen molar-refractivity contribution in [2.45, 2.75) is 50.7 Å². The summed E-state index contributed by atoms with van der Waals surface area (Å²) >= 11 is 18.0. The third kappa shape index (κ3) is 8.90. The minimum atomic E-state index is -2.24. The van der Waals surface area contributed by atoms with E-state index in [4.69, 9.17) is 58.5 Å². The zero-order chi connectivity index (χ0) is 33.6. The summed E-state index contributed by atoms with van der Waals surface area (Å²) in [5.74, 6) is -0.278. The second kappa shape index (κ2) is 14.7. The number of esters is 4. The van der Waals surface area contributed by atoms with Gasteiger partial charge in [0, 0.05) is 22.0 Å². The van der Waals surface area contributed by atoms with Crippen LogP contribution in [0.4, 0.5) is 0 Å². The molecule has 1 saturated heterocycles. The number of carbonyl (C=O) groups is 4. The van der Waals surface area contributed by atoms with Gasteiger partial charge in [0.1, 0.15) is 14.7 Å². The van der Waals surface area contributed by atoms with Gasteiger partial charge in [-0.25, -0.2) is 14.4 Å². The Labute approximate surface area is 282 Å². The molecule has 0 radical (unpaired) electrons. The molecule has 0 aliphatic carbocycles. The van der Waals surface area contributed by atoms with E-state index in [9.17, 15) is 19.2 Å². The molecular weight excluding hydrogens is 675 g/mol. The van der Waals surface area contributed by atoms with Crippen LogP contribution in [0, 0.1) is 11.5 Å². The van der Waals surface area contributed by atoms with Crippen LogP contribution in [-0.4, -0.2) is 62.7 Å². The van der Waals surface area contributed by atoms with Crippen LogP contribution in [0.1, 0.15) is 38.0 Å². The van der Waals surface area contributed by atoms with Crippen LogP contribution in [0.2, 0.25) is 34.7 Å². The Hall–Kier alpha value is -3.85. The van der Waals surface area contributed by atoms with Crippen molar-refractivity contribution in [1.82, 2.24) is 0 Å². The van der Waals surface area contributed by atoms with Crippen molar-refractivity contribution in [2.75, 3.05) is 6.61 Å². The molecule has 0 saturated carbocycles. The van der Waals surface area contributed by atoms with E-state index in [0.29, 0.717) is 15.1 Å². The van der Waals surface area contributed by atoms with Gasteiger partial charge in [-0.2, -0.15) is 0 Å². The Balaban J connectivity index is 1.82. The van der Waals surface area contributed by atoms with Gasteiger partial charge in [-0.15, -0.1) is 5.54 Å². The first-order valence-electron chi connectivity index (χ1n) is 13.9. The minimum Gasteiger partial charge on any atom is -0.459 e. The van der Waals surface area contributed by atoms with Crippen molar-refractivity contribution in [3.05, 3.63) is 105 Å². The highest BCUT2D eigenvalue weighted by Crippen LogP contribution is 2.39. The van der Waals surface area contributed by atoms with Crippen LogP contribution < -0.4 is 0 Å². The van der Waals surface area contributed by atoms with E-state index in [-0.39, 0.29) is 16.7 Å². The Morgan fingerprint density at radius 1 is 0.739 bits per heavy atom. The van der Waals surface area contributed by atoms with Gasteiger partial charge in [-0.05, 0) is 72.8 Å². The number of ether oxygens (including phenoxy) is 5. The third-order valence-corrected chi connectivity index (χ3v) is 8.09. The summed E-state index contributed by atoms with van der Waals surface area (Å²) < 4.78 is 29.1. The molecule has 9 nitrogen and oxygen atoms in total. The smallest absolute Gasteiger partial charge is 0.339 e. The Morgan fingerprint density at radius 2 is 1.20 bits per heavy atom. The number of benzene rings is 3. The van der Waals surface area contributed by atoms with Crippen molar-refractivity contribution in [3.63, 3.8) is 0 Å². The molecule has 0 amide bonds. The molecule has 1 unspecified atom stereocenters. The lowest BCUT2D eigenvalue weighted by Crippen LogP contribution is -2.54. The second-order valence-corrected chi connectivity index (χ2v) is 17.3. The maximum absolute atomic E-state index is 13.7. The summed E-state index contributed by atoms with van der Waals surface area (Å²) in [4.78, 5) is 52.4. The minimum absolute atomic E-state index is 0.0919. The van der Waals surface area contributed by atoms with E-state index < -0.39 is 62.7 Å². The number of hydrogen-bond acceptors (Lipinski definition) is 9. The van der Waals surface area contributed by atoms with Gasteiger partial charge in [0.25, 0.3) is 0 Å². The molecule has 46 heavy (non-hydrogen) atoms. The van der Waals surface area contributed by atoms with Crippen LogP contribution in [-0.2, 0) is 28.5 Å². The summed E-state index contributed by atoms with van der Waals surface area (Å²) in [6, 6.07) is 17.7. The number of halogens is 3. The van der Waals surface area contributed by atoms with Crippen molar-refractivity contribution in [1.29, 1.82) is 0 Å². The Kier molecular flexibility index (Phi) is 11.2. The fraction of sp³-hybridized carbons (Fsp3) is 0.273. The molecule has 4 rings (SSSR count). The average Bonchev–Trinajstić information content (AvgIpc) is 3.26. The molecule has 13 heteroatoms. The van der Waals surface area contributed by atoms with E-state index in [1.165, 1.54) is 72.8 Å². The van der Waals surface area contributed by atoms with E-state index >= 15 is 0 Å². The predicted molar refractivity (Wildman–Crippen MR) is 174 cm³/mol. The summed E-state index contributed by atoms with van der Waals surface area (Å²) in [5, 5.41) is 1.18. The zero-order valence-electron chi connectivity index (χ0n) is 25.2. The van der Waals surface area contributed by atoms with Crippen LogP contribution in [0.15, 0.2) is 72.8 Å². The highest BCUT2D eigenvalue weighted by Gasteiger charge is 2.64. The van der Waals surface area contributed by atoms with E-state index in [2.05, 4.69) is 11.5 Å². The molecule has 4 atom stereocenters. The van der Waals surface area contributed by atoms with E-state index in [1.54, 1.807) is 0 Å². The molecule has 3 aromatic rings. The summed E-state index contributed by atoms with van der Waals surface area (Å²) in [6.07, 6.45) is -4.63. The standard InChI is InChI=1S/C33H29Cl3O9Si/c1-20(37)42-32-28(44-30(39)22-7-13-25(35)14-8-22)33(17-18-46(2,3)4,45-31(40)23-9-15-26(36)16-10-23)27(43-32)19-41-29(38)21-5-11-24(34)12-6-21/h5-16,27-28,32H,19H2,1-4H3/t27-,28+,32?,33+/m1/s1. The van der Waals surface area contributed by atoms with Crippen molar-refractivity contribution in [3.8, 4) is 11.5 Å². The van der Waals surface area contributed by atoms with Gasteiger partial charge in [0.2, 0.25) is 18.0 Å². The van der Waals surface area contributed by atoms with Crippen molar-refractivity contribution in [2.24, 2.45) is 0 Å². The first kappa shape index (κ1) is 35.0. The number of carbonyl (C=O) groups excluding carboxylic acids is 4. The molecule has 240 valence electrons. The lowest BCUT2D eigenvalue weighted by Gasteiger charge is -2.33. The molecule has 0 aromatic heterocycles. The topological polar surface area (TPSA) is 114 Å². The van der Waals surface area contributed by atoms with Crippen LogP contribution in [0.25, 0.3) is 0 Å². The molecular formula is C33H29Cl3O9Si. The predicted octanol–water partition coefficient (Wildman–Crippen LogP) is 6.79. The summed E-state index contributed by atoms with van der Waals surface area (Å²) in [5.41, 5.74) is 1.40. The fourth-order valence-electron chi connectivity index (χ4n) is 4.25. The van der Waals surface area contributed by atoms with Gasteiger partial charge in [0.15, 0.2) is 6.10 Å². The van der Waals surface area contributed by atoms with Crippen LogP contribution in [0.5, 0.6) is 0 Å². The molecule has 0 bridgehead atoms. The summed E-state index contributed by atoms with van der Waals surface area (Å²) in [6.45, 7) is 6.42. The highest BCUT2D eigenvalue weighted by atomic mass is 35.5. The maximum Gasteiger partial charge on any atom is 0.339 e. The number of hydrogen-bond donors (Lipinski definition) is 0. The monoisotopic (exact) mass is 702 g/mol. The zero-order valence-corrected chi connectivity index (χ0v) is 28.4.